The summed E-state index contributed by atoms with van der Waals surface area (Å²) in [6, 6.07) is 1.97. The summed E-state index contributed by atoms with van der Waals surface area (Å²) in [7, 11) is 0. The van der Waals surface area contributed by atoms with Crippen LogP contribution in [0.25, 0.3) is 0 Å². The molecule has 3 atom stereocenters. The lowest BCUT2D eigenvalue weighted by molar-refractivity contribution is -0.143. The minimum atomic E-state index is -5.12. The van der Waals surface area contributed by atoms with E-state index in [1.54, 1.807) is 6.92 Å². The van der Waals surface area contributed by atoms with Gasteiger partial charge in [0.1, 0.15) is 6.61 Å². The molecule has 284 valence electrons. The fourth-order valence-electron chi connectivity index (χ4n) is 5.53. The molecule has 2 heterocycles. The molecule has 10 nitrogen and oxygen atoms in total. The van der Waals surface area contributed by atoms with Crippen LogP contribution in [0.15, 0.2) is 42.6 Å². The molecule has 1 aliphatic heterocycles. The van der Waals surface area contributed by atoms with Crippen LogP contribution in [0, 0.1) is 5.92 Å². The van der Waals surface area contributed by atoms with Gasteiger partial charge < -0.3 is 25.0 Å². The Balaban J connectivity index is 1.74. The molecule has 1 aliphatic rings. The summed E-state index contributed by atoms with van der Waals surface area (Å²) in [5.41, 5.74) is -4.84. The highest BCUT2D eigenvalue weighted by atomic mass is 19.4. The van der Waals surface area contributed by atoms with Gasteiger partial charge in [-0.3, -0.25) is 9.69 Å². The number of hydrogen-bond acceptors (Lipinski definition) is 8. The number of aromatic nitrogens is 2. The topological polar surface area (TPSA) is 134 Å². The summed E-state index contributed by atoms with van der Waals surface area (Å²) in [5.74, 6) is -2.42. The maximum atomic E-state index is 13.9. The van der Waals surface area contributed by atoms with Crippen LogP contribution in [0.2, 0.25) is 0 Å². The highest BCUT2D eigenvalue weighted by Crippen LogP contribution is 2.43. The van der Waals surface area contributed by atoms with E-state index in [4.69, 9.17) is 14.6 Å². The molecule has 0 saturated heterocycles. The molecule has 3 aromatic rings. The number of benzene rings is 2. The van der Waals surface area contributed by atoms with Crippen LogP contribution in [-0.2, 0) is 34.5 Å². The number of carbonyl (C=O) groups excluding carboxylic acids is 1. The SMILES string of the molecule is CC[C@@H]1C[C@H](Nc2ncc(OCCO)c(Cc3cc(C(F)(F)F)cc(C(F)(F)F)c3)n2)c2cc(C(F)(F)F)ccc2N1C(=O)OCCC(C)C(=O)O. The third kappa shape index (κ3) is 9.74. The van der Waals surface area contributed by atoms with Crippen molar-refractivity contribution in [1.29, 1.82) is 0 Å². The number of carbonyl (C=O) groups is 2. The smallest absolute Gasteiger partial charge is 0.416 e. The number of halogens is 9. The highest BCUT2D eigenvalue weighted by molar-refractivity contribution is 5.90. The standard InChI is InChI=1S/C33H33F9N4O6/c1-3-22-15-24(23-14-19(31(34,35)36)4-5-26(23)46(22)30(50)52-8-6-17(2)28(48)49)44-29-43-16-27(51-9-7-47)25(45-29)12-18-10-20(32(37,38)39)13-21(11-18)33(40,41)42/h4-5,10-11,13-14,16-17,22,24,47H,3,6-9,12,15H2,1-2H3,(H,48,49)(H,43,44,45)/t17?,22-,24+/m1/s1. The highest BCUT2D eigenvalue weighted by Gasteiger charge is 2.40. The zero-order chi connectivity index (χ0) is 38.6. The van der Waals surface area contributed by atoms with Crippen molar-refractivity contribution in [3.8, 4) is 5.75 Å². The van der Waals surface area contributed by atoms with Gasteiger partial charge in [0.25, 0.3) is 0 Å². The van der Waals surface area contributed by atoms with Gasteiger partial charge in [0.05, 0.1) is 59.4 Å². The molecule has 0 aliphatic carbocycles. The quantitative estimate of drug-likeness (QED) is 0.158. The number of fused-ring (bicyclic) bond motifs is 1. The second-order valence-electron chi connectivity index (χ2n) is 11.9. The minimum Gasteiger partial charge on any atom is -0.488 e. The lowest BCUT2D eigenvalue weighted by atomic mass is 9.89. The molecular formula is C33H33F9N4O6. The Bertz CT molecular complexity index is 1720. The number of amides is 1. The average molecular weight is 753 g/mol. The van der Waals surface area contributed by atoms with Gasteiger partial charge in [0.2, 0.25) is 5.95 Å². The zero-order valence-corrected chi connectivity index (χ0v) is 27.5. The Morgan fingerprint density at radius 2 is 1.60 bits per heavy atom. The van der Waals surface area contributed by atoms with Gasteiger partial charge >= 0.3 is 30.6 Å². The first-order valence-electron chi connectivity index (χ1n) is 15.8. The van der Waals surface area contributed by atoms with Crippen molar-refractivity contribution in [3.05, 3.63) is 76.1 Å². The molecule has 1 unspecified atom stereocenters. The van der Waals surface area contributed by atoms with Crippen LogP contribution in [0.3, 0.4) is 0 Å². The Kier molecular flexibility index (Phi) is 12.2. The van der Waals surface area contributed by atoms with E-state index in [-0.39, 0.29) is 67.2 Å². The van der Waals surface area contributed by atoms with Gasteiger partial charge in [-0.2, -0.15) is 39.5 Å². The number of aliphatic hydroxyl groups excluding tert-OH is 1. The van der Waals surface area contributed by atoms with Crippen molar-refractivity contribution in [3.63, 3.8) is 0 Å². The number of nitrogens with zero attached hydrogens (tertiary/aromatic N) is 3. The molecule has 0 bridgehead atoms. The first-order chi connectivity index (χ1) is 24.2. The van der Waals surface area contributed by atoms with E-state index in [0.29, 0.717) is 12.1 Å². The van der Waals surface area contributed by atoms with E-state index in [9.17, 15) is 54.2 Å². The van der Waals surface area contributed by atoms with Gasteiger partial charge in [-0.15, -0.1) is 0 Å². The average Bonchev–Trinajstić information content (AvgIpc) is 3.06. The fourth-order valence-corrected chi connectivity index (χ4v) is 5.53. The first-order valence-corrected chi connectivity index (χ1v) is 15.8. The normalized spacial score (nSPS) is 17.0. The van der Waals surface area contributed by atoms with E-state index >= 15 is 0 Å². The molecule has 0 saturated carbocycles. The number of ether oxygens (including phenoxy) is 2. The van der Waals surface area contributed by atoms with Gasteiger partial charge in [-0.05, 0) is 66.8 Å². The molecule has 0 radical (unpaired) electrons. The summed E-state index contributed by atoms with van der Waals surface area (Å²) < 4.78 is 134. The number of rotatable bonds is 12. The minimum absolute atomic E-state index is 0.0224. The van der Waals surface area contributed by atoms with Gasteiger partial charge in [-0.1, -0.05) is 13.8 Å². The third-order valence-electron chi connectivity index (χ3n) is 8.23. The molecular weight excluding hydrogens is 719 g/mol. The molecule has 4 rings (SSSR count). The van der Waals surface area contributed by atoms with Crippen LogP contribution in [0.1, 0.15) is 72.7 Å². The number of nitrogens with one attached hydrogen (secondary N) is 1. The second kappa shape index (κ2) is 15.8. The Morgan fingerprint density at radius 3 is 2.15 bits per heavy atom. The van der Waals surface area contributed by atoms with Crippen molar-refractivity contribution in [1.82, 2.24) is 9.97 Å². The molecule has 52 heavy (non-hydrogen) atoms. The van der Waals surface area contributed by atoms with E-state index in [0.717, 1.165) is 24.4 Å². The molecule has 1 amide bonds. The summed E-state index contributed by atoms with van der Waals surface area (Å²) in [4.78, 5) is 33.9. The first kappa shape index (κ1) is 40.0. The van der Waals surface area contributed by atoms with Crippen LogP contribution < -0.4 is 15.0 Å². The van der Waals surface area contributed by atoms with Crippen LogP contribution in [0.5, 0.6) is 5.75 Å². The van der Waals surface area contributed by atoms with E-state index in [1.807, 2.05) is 0 Å². The second-order valence-corrected chi connectivity index (χ2v) is 11.9. The molecule has 1 aromatic heterocycles. The molecule has 2 aromatic carbocycles. The number of hydrogen-bond donors (Lipinski definition) is 3. The molecule has 0 spiro atoms. The summed E-state index contributed by atoms with van der Waals surface area (Å²) in [6.07, 6.45) is -15.3. The van der Waals surface area contributed by atoms with Crippen molar-refractivity contribution >= 4 is 23.7 Å². The Labute approximate surface area is 290 Å². The maximum absolute atomic E-state index is 13.9. The predicted molar refractivity (Wildman–Crippen MR) is 166 cm³/mol. The summed E-state index contributed by atoms with van der Waals surface area (Å²) in [6.45, 7) is 1.98. The number of carboxylic acid groups (broad SMARTS) is 1. The Morgan fingerprint density at radius 1 is 0.962 bits per heavy atom. The largest absolute Gasteiger partial charge is 0.488 e. The number of anilines is 2. The monoisotopic (exact) mass is 752 g/mol. The number of aliphatic carboxylic acids is 1. The third-order valence-corrected chi connectivity index (χ3v) is 8.23. The van der Waals surface area contributed by atoms with Crippen molar-refractivity contribution < 1.29 is 68.8 Å². The van der Waals surface area contributed by atoms with Gasteiger partial charge in [0.15, 0.2) is 5.75 Å². The predicted octanol–water partition coefficient (Wildman–Crippen LogP) is 7.88. The van der Waals surface area contributed by atoms with Crippen LogP contribution >= 0.6 is 0 Å². The van der Waals surface area contributed by atoms with Gasteiger partial charge in [-0.25, -0.2) is 14.8 Å². The summed E-state index contributed by atoms with van der Waals surface area (Å²) in [5, 5.41) is 21.2. The maximum Gasteiger partial charge on any atom is 0.416 e. The fraction of sp³-hybridized carbons (Fsp3) is 0.455. The zero-order valence-electron chi connectivity index (χ0n) is 27.5. The Hall–Kier alpha value is -4.81. The number of alkyl halides is 9. The number of aliphatic hydroxyl groups is 1. The van der Waals surface area contributed by atoms with Crippen LogP contribution in [-0.4, -0.2) is 58.1 Å². The van der Waals surface area contributed by atoms with Crippen molar-refractivity contribution in [2.24, 2.45) is 5.92 Å². The van der Waals surface area contributed by atoms with E-state index < -0.39 is 83.9 Å². The van der Waals surface area contributed by atoms with Gasteiger partial charge in [0, 0.05) is 12.5 Å². The lowest BCUT2D eigenvalue weighted by Gasteiger charge is -2.40. The molecule has 0 fully saturated rings. The van der Waals surface area contributed by atoms with Crippen LogP contribution in [0.4, 0.5) is 55.9 Å². The lowest BCUT2D eigenvalue weighted by Crippen LogP contribution is -2.46. The molecule has 19 heteroatoms. The van der Waals surface area contributed by atoms with E-state index in [2.05, 4.69) is 15.3 Å². The number of carboxylic acids is 1. The van der Waals surface area contributed by atoms with E-state index in [1.165, 1.54) is 11.8 Å². The van der Waals surface area contributed by atoms with Crippen molar-refractivity contribution in [2.45, 2.75) is 70.1 Å². The molecule has 3 N–H and O–H groups in total. The summed E-state index contributed by atoms with van der Waals surface area (Å²) >= 11 is 0. The van der Waals surface area contributed by atoms with Crippen molar-refractivity contribution in [2.75, 3.05) is 30.0 Å².